The van der Waals surface area contributed by atoms with E-state index in [0.29, 0.717) is 0 Å². The van der Waals surface area contributed by atoms with Crippen molar-refractivity contribution in [2.24, 2.45) is 4.99 Å². The van der Waals surface area contributed by atoms with Gasteiger partial charge >= 0.3 is 12.4 Å². The second-order valence-electron chi connectivity index (χ2n) is 6.00. The van der Waals surface area contributed by atoms with Crippen LogP contribution in [0.5, 0.6) is 0 Å². The van der Waals surface area contributed by atoms with E-state index in [0.717, 1.165) is 24.3 Å². The molecule has 1 radical (unpaired) electrons. The zero-order valence-electron chi connectivity index (χ0n) is 13.2. The van der Waals surface area contributed by atoms with Crippen molar-refractivity contribution >= 4 is 28.9 Å². The van der Waals surface area contributed by atoms with E-state index in [2.05, 4.69) is 9.98 Å². The standard InChI is InChI=1S/C17H9Cl2F6N2/c18-10-4-9(5-11(19)6-10)15(17(23,24)25)7-13(26-8-15)12-2-1-3-14(27-12)16(20,21)22/h1-2,4-6H,7-8H2. The van der Waals surface area contributed by atoms with Crippen molar-refractivity contribution < 1.29 is 26.3 Å². The van der Waals surface area contributed by atoms with Crippen LogP contribution in [0.3, 0.4) is 0 Å². The van der Waals surface area contributed by atoms with E-state index in [4.69, 9.17) is 23.2 Å². The van der Waals surface area contributed by atoms with Crippen LogP contribution in [0.2, 0.25) is 10.0 Å². The predicted octanol–water partition coefficient (Wildman–Crippen LogP) is 5.90. The summed E-state index contributed by atoms with van der Waals surface area (Å²) < 4.78 is 80.3. The summed E-state index contributed by atoms with van der Waals surface area (Å²) in [6, 6.07) is 7.57. The minimum Gasteiger partial charge on any atom is -0.286 e. The highest BCUT2D eigenvalue weighted by atomic mass is 35.5. The van der Waals surface area contributed by atoms with E-state index >= 15 is 0 Å². The fraction of sp³-hybridized carbons (Fsp3) is 0.294. The molecule has 2 heterocycles. The second-order valence-corrected chi connectivity index (χ2v) is 6.87. The molecule has 10 heteroatoms. The van der Waals surface area contributed by atoms with Crippen LogP contribution in [0, 0.1) is 6.07 Å². The topological polar surface area (TPSA) is 25.2 Å². The summed E-state index contributed by atoms with van der Waals surface area (Å²) in [5, 5.41) is 0.0303. The maximum atomic E-state index is 14.0. The van der Waals surface area contributed by atoms with Crippen LogP contribution in [-0.4, -0.2) is 23.4 Å². The third-order valence-corrected chi connectivity index (χ3v) is 4.66. The van der Waals surface area contributed by atoms with Crippen molar-refractivity contribution in [2.75, 3.05) is 6.54 Å². The van der Waals surface area contributed by atoms with Gasteiger partial charge in [0.1, 0.15) is 5.41 Å². The van der Waals surface area contributed by atoms with E-state index in [1.165, 1.54) is 6.07 Å². The van der Waals surface area contributed by atoms with Crippen molar-refractivity contribution in [2.45, 2.75) is 24.2 Å². The first kappa shape index (κ1) is 19.9. The number of halogens is 8. The highest BCUT2D eigenvalue weighted by molar-refractivity contribution is 6.34. The number of pyridine rings is 1. The van der Waals surface area contributed by atoms with Gasteiger partial charge in [-0.15, -0.1) is 0 Å². The number of hydrogen-bond donors (Lipinski definition) is 0. The molecule has 0 N–H and O–H groups in total. The monoisotopic (exact) mass is 425 g/mol. The average molecular weight is 426 g/mol. The lowest BCUT2D eigenvalue weighted by Gasteiger charge is -2.31. The van der Waals surface area contributed by atoms with Gasteiger partial charge in [-0.05, 0) is 35.9 Å². The third kappa shape index (κ3) is 3.78. The van der Waals surface area contributed by atoms with E-state index in [1.807, 2.05) is 6.07 Å². The Bertz CT molecular complexity index is 887. The zero-order valence-corrected chi connectivity index (χ0v) is 14.7. The van der Waals surface area contributed by atoms with Gasteiger partial charge in [0.05, 0.1) is 18.0 Å². The fourth-order valence-electron chi connectivity index (χ4n) is 2.87. The van der Waals surface area contributed by atoms with Gasteiger partial charge in [0.2, 0.25) is 0 Å². The number of rotatable bonds is 2. The van der Waals surface area contributed by atoms with Gasteiger partial charge in [-0.25, -0.2) is 4.98 Å². The minimum atomic E-state index is -4.77. The Balaban J connectivity index is 2.03. The fourth-order valence-corrected chi connectivity index (χ4v) is 3.40. The molecular formula is C17H9Cl2F6N2. The van der Waals surface area contributed by atoms with Crippen LogP contribution < -0.4 is 0 Å². The van der Waals surface area contributed by atoms with E-state index < -0.39 is 36.4 Å². The van der Waals surface area contributed by atoms with Gasteiger partial charge in [-0.1, -0.05) is 23.2 Å². The maximum absolute atomic E-state index is 14.0. The summed E-state index contributed by atoms with van der Waals surface area (Å²) >= 11 is 11.7. The molecule has 0 spiro atoms. The van der Waals surface area contributed by atoms with Gasteiger partial charge in [0, 0.05) is 22.5 Å². The Kier molecular flexibility index (Phi) is 4.93. The summed E-state index contributed by atoms with van der Waals surface area (Å²) in [6.45, 7) is -0.704. The molecule has 27 heavy (non-hydrogen) atoms. The Morgan fingerprint density at radius 1 is 1.00 bits per heavy atom. The number of hydrogen-bond acceptors (Lipinski definition) is 2. The average Bonchev–Trinajstić information content (AvgIpc) is 3.00. The SMILES string of the molecule is FC(F)(F)c1[c]ccc(C2=NCC(c3cc(Cl)cc(Cl)c3)(C(F)(F)F)C2)n1. The molecule has 0 bridgehead atoms. The first-order valence-corrected chi connectivity index (χ1v) is 8.21. The van der Waals surface area contributed by atoms with Gasteiger partial charge < -0.3 is 0 Å². The normalized spacial score (nSPS) is 20.7. The number of aliphatic imine (C=N–C) groups is 1. The Hall–Kier alpha value is -1.80. The molecule has 0 aliphatic carbocycles. The predicted molar refractivity (Wildman–Crippen MR) is 88.3 cm³/mol. The molecule has 0 saturated carbocycles. The summed E-state index contributed by atoms with van der Waals surface area (Å²) in [4.78, 5) is 7.22. The molecule has 1 aromatic heterocycles. The van der Waals surface area contributed by atoms with E-state index in [-0.39, 0.29) is 27.0 Å². The summed E-state index contributed by atoms with van der Waals surface area (Å²) in [7, 11) is 0. The molecule has 0 saturated heterocycles. The molecule has 1 atom stereocenters. The Morgan fingerprint density at radius 2 is 1.63 bits per heavy atom. The van der Waals surface area contributed by atoms with Crippen molar-refractivity contribution in [3.05, 3.63) is 63.4 Å². The molecule has 1 aliphatic heterocycles. The molecule has 1 unspecified atom stereocenters. The largest absolute Gasteiger partial charge is 0.433 e. The van der Waals surface area contributed by atoms with Crippen LogP contribution in [0.4, 0.5) is 26.3 Å². The molecule has 1 aromatic carbocycles. The van der Waals surface area contributed by atoms with Crippen LogP contribution in [0.15, 0.2) is 35.3 Å². The molecular weight excluding hydrogens is 417 g/mol. The second kappa shape index (κ2) is 6.67. The molecule has 2 nitrogen and oxygen atoms in total. The zero-order chi connectivity index (χ0) is 20.0. The van der Waals surface area contributed by atoms with Crippen LogP contribution >= 0.6 is 23.2 Å². The van der Waals surface area contributed by atoms with E-state index in [1.54, 1.807) is 0 Å². The minimum absolute atomic E-state index is 0.0152. The molecule has 2 aromatic rings. The third-order valence-electron chi connectivity index (χ3n) is 4.22. The summed E-state index contributed by atoms with van der Waals surface area (Å²) in [5.74, 6) is 0. The first-order chi connectivity index (χ1) is 12.4. The van der Waals surface area contributed by atoms with E-state index in [9.17, 15) is 26.3 Å². The first-order valence-electron chi connectivity index (χ1n) is 7.45. The number of alkyl halides is 6. The lowest BCUT2D eigenvalue weighted by molar-refractivity contribution is -0.183. The summed E-state index contributed by atoms with van der Waals surface area (Å²) in [6.07, 6.45) is -10.2. The Morgan fingerprint density at radius 3 is 2.19 bits per heavy atom. The number of nitrogens with zero attached hydrogens (tertiary/aromatic N) is 2. The highest BCUT2D eigenvalue weighted by Gasteiger charge is 2.58. The van der Waals surface area contributed by atoms with Crippen LogP contribution in [0.25, 0.3) is 0 Å². The molecule has 1 aliphatic rings. The quantitative estimate of drug-likeness (QED) is 0.549. The lowest BCUT2D eigenvalue weighted by atomic mass is 9.77. The van der Waals surface area contributed by atoms with Gasteiger partial charge in [-0.2, -0.15) is 26.3 Å². The van der Waals surface area contributed by atoms with Crippen molar-refractivity contribution in [1.29, 1.82) is 0 Å². The number of benzene rings is 1. The van der Waals surface area contributed by atoms with Crippen LogP contribution in [-0.2, 0) is 11.6 Å². The van der Waals surface area contributed by atoms with Crippen molar-refractivity contribution in [1.82, 2.24) is 4.98 Å². The van der Waals surface area contributed by atoms with Crippen molar-refractivity contribution in [3.8, 4) is 0 Å². The van der Waals surface area contributed by atoms with Crippen LogP contribution in [0.1, 0.15) is 23.4 Å². The van der Waals surface area contributed by atoms with Gasteiger partial charge in [-0.3, -0.25) is 4.99 Å². The molecule has 3 rings (SSSR count). The van der Waals surface area contributed by atoms with Gasteiger partial charge in [0.25, 0.3) is 0 Å². The van der Waals surface area contributed by atoms with Crippen molar-refractivity contribution in [3.63, 3.8) is 0 Å². The molecule has 0 fully saturated rings. The molecule has 0 amide bonds. The smallest absolute Gasteiger partial charge is 0.286 e. The lowest BCUT2D eigenvalue weighted by Crippen LogP contribution is -2.43. The summed E-state index contributed by atoms with van der Waals surface area (Å²) in [5.41, 5.74) is -4.43. The Labute approximate surface area is 159 Å². The number of aromatic nitrogens is 1. The van der Waals surface area contributed by atoms with Gasteiger partial charge in [0.15, 0.2) is 5.69 Å². The highest BCUT2D eigenvalue weighted by Crippen LogP contribution is 2.48. The molecule has 143 valence electrons. The maximum Gasteiger partial charge on any atom is 0.433 e.